The molecule has 0 spiro atoms. The van der Waals surface area contributed by atoms with Crippen LogP contribution in [-0.2, 0) is 18.6 Å². The van der Waals surface area contributed by atoms with E-state index < -0.39 is 7.82 Å². The van der Waals surface area contributed by atoms with E-state index in [0.717, 1.165) is 44.9 Å². The topological polar surface area (TPSA) is 93.1 Å². The molecule has 2 N–H and O–H groups in total. The second kappa shape index (κ2) is 11.9. The van der Waals surface area contributed by atoms with Gasteiger partial charge in [0.15, 0.2) is 0 Å². The predicted molar refractivity (Wildman–Crippen MR) is 80.7 cm³/mol. The zero-order valence-electron chi connectivity index (χ0n) is 12.8. The van der Waals surface area contributed by atoms with E-state index in [9.17, 15) is 9.36 Å². The molecule has 0 radical (unpaired) electrons. The van der Waals surface area contributed by atoms with Gasteiger partial charge in [-0.3, -0.25) is 4.52 Å². The van der Waals surface area contributed by atoms with E-state index in [-0.39, 0.29) is 12.6 Å². The number of carbonyl (C=O) groups excluding carboxylic acids is 1. The molecule has 0 unspecified atom stereocenters. The fourth-order valence-electron chi connectivity index (χ4n) is 1.74. The Kier molecular flexibility index (Phi) is 11.5. The van der Waals surface area contributed by atoms with Gasteiger partial charge in [0, 0.05) is 5.57 Å². The van der Waals surface area contributed by atoms with Crippen LogP contribution in [0.3, 0.4) is 0 Å². The molecule has 0 aromatic carbocycles. The highest BCUT2D eigenvalue weighted by Crippen LogP contribution is 2.35. The molecule has 6 nitrogen and oxygen atoms in total. The van der Waals surface area contributed by atoms with E-state index in [4.69, 9.17) is 14.5 Å². The van der Waals surface area contributed by atoms with Gasteiger partial charge >= 0.3 is 13.8 Å². The Labute approximate surface area is 126 Å². The second-order valence-corrected chi connectivity index (χ2v) is 6.31. The summed E-state index contributed by atoms with van der Waals surface area (Å²) in [6.45, 7) is 5.70. The van der Waals surface area contributed by atoms with Crippen molar-refractivity contribution in [1.82, 2.24) is 0 Å². The first-order chi connectivity index (χ1) is 9.83. The van der Waals surface area contributed by atoms with Crippen LogP contribution in [0.15, 0.2) is 12.2 Å². The fourth-order valence-corrected chi connectivity index (χ4v) is 2.10. The molecule has 0 amide bonds. The van der Waals surface area contributed by atoms with Crippen molar-refractivity contribution in [2.45, 2.75) is 58.3 Å². The maximum Gasteiger partial charge on any atom is 0.469 e. The summed E-state index contributed by atoms with van der Waals surface area (Å²) in [7, 11) is -4.30. The van der Waals surface area contributed by atoms with Gasteiger partial charge in [-0.2, -0.15) is 0 Å². The maximum atomic E-state index is 11.1. The summed E-state index contributed by atoms with van der Waals surface area (Å²) in [4.78, 5) is 28.0. The number of ether oxygens (including phenoxy) is 1. The Balaban J connectivity index is 3.18. The lowest BCUT2D eigenvalue weighted by Crippen LogP contribution is -2.05. The zero-order valence-corrected chi connectivity index (χ0v) is 13.6. The first-order valence-electron chi connectivity index (χ1n) is 7.35. The molecule has 0 aromatic rings. The highest BCUT2D eigenvalue weighted by Gasteiger charge is 2.12. The highest BCUT2D eigenvalue weighted by molar-refractivity contribution is 7.46. The van der Waals surface area contributed by atoms with E-state index in [1.165, 1.54) is 0 Å². The van der Waals surface area contributed by atoms with Crippen molar-refractivity contribution in [3.05, 3.63) is 12.2 Å². The van der Waals surface area contributed by atoms with Crippen LogP contribution in [0.1, 0.15) is 58.3 Å². The summed E-state index contributed by atoms with van der Waals surface area (Å²) in [5.41, 5.74) is 0.428. The first-order valence-corrected chi connectivity index (χ1v) is 8.88. The third kappa shape index (κ3) is 15.5. The normalized spacial score (nSPS) is 11.4. The maximum absolute atomic E-state index is 11.1. The Morgan fingerprint density at radius 2 is 1.38 bits per heavy atom. The molecule has 0 rings (SSSR count). The number of esters is 1. The predicted octanol–water partition coefficient (Wildman–Crippen LogP) is 3.34. The number of rotatable bonds is 13. The number of phosphoric ester groups is 1. The lowest BCUT2D eigenvalue weighted by atomic mass is 10.1. The summed E-state index contributed by atoms with van der Waals surface area (Å²) in [6.07, 6.45) is 7.84. The molecule has 7 heteroatoms. The van der Waals surface area contributed by atoms with E-state index in [1.807, 2.05) is 0 Å². The highest BCUT2D eigenvalue weighted by atomic mass is 31.2. The molecule has 0 heterocycles. The Morgan fingerprint density at radius 1 is 0.952 bits per heavy atom. The van der Waals surface area contributed by atoms with Gasteiger partial charge in [-0.05, 0) is 19.8 Å². The van der Waals surface area contributed by atoms with E-state index in [2.05, 4.69) is 11.1 Å². The van der Waals surface area contributed by atoms with Crippen LogP contribution in [0.2, 0.25) is 0 Å². The van der Waals surface area contributed by atoms with Crippen molar-refractivity contribution >= 4 is 13.8 Å². The molecule has 0 bridgehead atoms. The minimum Gasteiger partial charge on any atom is -0.462 e. The minimum absolute atomic E-state index is 0.109. The third-order valence-corrected chi connectivity index (χ3v) is 3.40. The van der Waals surface area contributed by atoms with Gasteiger partial charge in [-0.1, -0.05) is 45.1 Å². The first kappa shape index (κ1) is 20.3. The molecule has 0 saturated heterocycles. The summed E-state index contributed by atoms with van der Waals surface area (Å²) < 4.78 is 19.8. The standard InChI is InChI=1S/C14H27O6P/c1-13(2)14(15)19-11-9-7-5-3-4-6-8-10-12-20-21(16,17)18/h1,3-12H2,2H3,(H2,16,17,18). The van der Waals surface area contributed by atoms with Crippen LogP contribution in [0.4, 0.5) is 0 Å². The number of hydrogen-bond donors (Lipinski definition) is 2. The van der Waals surface area contributed by atoms with Crippen molar-refractivity contribution in [1.29, 1.82) is 0 Å². The van der Waals surface area contributed by atoms with Crippen LogP contribution >= 0.6 is 7.82 Å². The zero-order chi connectivity index (χ0) is 16.1. The Morgan fingerprint density at radius 3 is 1.81 bits per heavy atom. The van der Waals surface area contributed by atoms with Gasteiger partial charge in [-0.15, -0.1) is 0 Å². The summed E-state index contributed by atoms with van der Waals surface area (Å²) in [5, 5.41) is 0. The van der Waals surface area contributed by atoms with Gasteiger partial charge in [0.25, 0.3) is 0 Å². The number of hydrogen-bond acceptors (Lipinski definition) is 4. The monoisotopic (exact) mass is 322 g/mol. The SMILES string of the molecule is C=C(C)C(=O)OCCCCCCCCCCOP(=O)(O)O. The van der Waals surface area contributed by atoms with Crippen LogP contribution in [0, 0.1) is 0 Å². The molecule has 0 atom stereocenters. The van der Waals surface area contributed by atoms with Crippen LogP contribution < -0.4 is 0 Å². The van der Waals surface area contributed by atoms with Crippen molar-refractivity contribution < 1.29 is 28.4 Å². The van der Waals surface area contributed by atoms with Gasteiger partial charge < -0.3 is 14.5 Å². The van der Waals surface area contributed by atoms with E-state index >= 15 is 0 Å². The van der Waals surface area contributed by atoms with Crippen molar-refractivity contribution in [3.8, 4) is 0 Å². The fraction of sp³-hybridized carbons (Fsp3) is 0.786. The Hall–Kier alpha value is -0.680. The van der Waals surface area contributed by atoms with Gasteiger partial charge in [0.2, 0.25) is 0 Å². The average Bonchev–Trinajstić information content (AvgIpc) is 2.38. The minimum atomic E-state index is -4.30. The molecule has 0 saturated carbocycles. The Bertz CT molecular complexity index is 349. The molecular formula is C14H27O6P. The summed E-state index contributed by atoms with van der Waals surface area (Å²) in [6, 6.07) is 0. The van der Waals surface area contributed by atoms with Crippen LogP contribution in [-0.4, -0.2) is 29.0 Å². The van der Waals surface area contributed by atoms with E-state index in [1.54, 1.807) is 6.92 Å². The van der Waals surface area contributed by atoms with E-state index in [0.29, 0.717) is 18.6 Å². The lowest BCUT2D eigenvalue weighted by molar-refractivity contribution is -0.139. The molecule has 0 aliphatic heterocycles. The molecule has 0 fully saturated rings. The van der Waals surface area contributed by atoms with Crippen LogP contribution in [0.5, 0.6) is 0 Å². The van der Waals surface area contributed by atoms with Gasteiger partial charge in [-0.25, -0.2) is 9.36 Å². The summed E-state index contributed by atoms with van der Waals surface area (Å²) >= 11 is 0. The number of unbranched alkanes of at least 4 members (excludes halogenated alkanes) is 7. The largest absolute Gasteiger partial charge is 0.469 e. The van der Waals surface area contributed by atoms with Gasteiger partial charge in [0.05, 0.1) is 13.2 Å². The average molecular weight is 322 g/mol. The lowest BCUT2D eigenvalue weighted by Gasteiger charge is -2.05. The second-order valence-electron chi connectivity index (χ2n) is 5.07. The third-order valence-electron chi connectivity index (χ3n) is 2.88. The molecular weight excluding hydrogens is 295 g/mol. The smallest absolute Gasteiger partial charge is 0.462 e. The molecule has 0 aromatic heterocycles. The molecule has 0 aliphatic carbocycles. The van der Waals surface area contributed by atoms with Crippen molar-refractivity contribution in [3.63, 3.8) is 0 Å². The van der Waals surface area contributed by atoms with Gasteiger partial charge in [0.1, 0.15) is 0 Å². The van der Waals surface area contributed by atoms with Crippen molar-refractivity contribution in [2.75, 3.05) is 13.2 Å². The molecule has 21 heavy (non-hydrogen) atoms. The summed E-state index contributed by atoms with van der Waals surface area (Å²) in [5.74, 6) is -0.326. The molecule has 0 aliphatic rings. The number of carbonyl (C=O) groups is 1. The molecule has 124 valence electrons. The van der Waals surface area contributed by atoms with Crippen LogP contribution in [0.25, 0.3) is 0 Å². The number of phosphoric acid groups is 1. The quantitative estimate of drug-likeness (QED) is 0.234. The van der Waals surface area contributed by atoms with Crippen molar-refractivity contribution in [2.24, 2.45) is 0 Å².